The van der Waals surface area contributed by atoms with Crippen LogP contribution >= 0.6 is 0 Å². The number of fused-ring (bicyclic) bond motifs is 1. The van der Waals surface area contributed by atoms with Crippen LogP contribution in [-0.2, 0) is 13.0 Å². The number of likely N-dealkylation sites (N-methyl/N-ethyl adjacent to an activating group) is 1. The van der Waals surface area contributed by atoms with Gasteiger partial charge in [-0.3, -0.25) is 9.88 Å². The van der Waals surface area contributed by atoms with Crippen LogP contribution in [0.2, 0.25) is 0 Å². The van der Waals surface area contributed by atoms with Crippen LogP contribution in [0, 0.1) is 0 Å². The van der Waals surface area contributed by atoms with E-state index >= 15 is 0 Å². The molecule has 108 valence electrons. The molecular formula is C18H20N2O. The number of hydrogen-bond donors (Lipinski definition) is 0. The summed E-state index contributed by atoms with van der Waals surface area (Å²) in [5.74, 6) is 1.03. The summed E-state index contributed by atoms with van der Waals surface area (Å²) in [6.45, 7) is 5.02. The second-order valence-corrected chi connectivity index (χ2v) is 5.19. The molecule has 3 rings (SSSR count). The number of hydrogen-bond acceptors (Lipinski definition) is 3. The number of aromatic nitrogens is 1. The standard InChI is InChI=1S/C18H20N2O/c1-2-20(12-10-16-8-5-6-11-19-16)14-17-13-15-7-3-4-9-18(15)21-17/h3-9,11,13H,2,10,12,14H2,1H3. The van der Waals surface area contributed by atoms with E-state index < -0.39 is 0 Å². The predicted molar refractivity (Wildman–Crippen MR) is 85.1 cm³/mol. The molecule has 21 heavy (non-hydrogen) atoms. The highest BCUT2D eigenvalue weighted by Gasteiger charge is 2.09. The third-order valence-corrected chi connectivity index (χ3v) is 3.71. The van der Waals surface area contributed by atoms with Crippen molar-refractivity contribution in [3.63, 3.8) is 0 Å². The molecule has 0 saturated heterocycles. The van der Waals surface area contributed by atoms with Gasteiger partial charge in [0, 0.05) is 30.2 Å². The van der Waals surface area contributed by atoms with Crippen molar-refractivity contribution in [2.75, 3.05) is 13.1 Å². The molecule has 0 unspecified atom stereocenters. The highest BCUT2D eigenvalue weighted by molar-refractivity contribution is 5.77. The normalized spacial score (nSPS) is 11.3. The molecule has 0 aliphatic heterocycles. The molecule has 0 amide bonds. The molecule has 3 aromatic rings. The molecule has 0 spiro atoms. The monoisotopic (exact) mass is 280 g/mol. The van der Waals surface area contributed by atoms with Crippen LogP contribution in [0.3, 0.4) is 0 Å². The summed E-state index contributed by atoms with van der Waals surface area (Å²) in [4.78, 5) is 6.76. The molecule has 0 aliphatic carbocycles. The van der Waals surface area contributed by atoms with Crippen molar-refractivity contribution in [2.45, 2.75) is 19.9 Å². The zero-order valence-electron chi connectivity index (χ0n) is 12.3. The minimum Gasteiger partial charge on any atom is -0.460 e. The van der Waals surface area contributed by atoms with Crippen LogP contribution in [0.1, 0.15) is 18.4 Å². The van der Waals surface area contributed by atoms with Crippen LogP contribution in [0.25, 0.3) is 11.0 Å². The number of para-hydroxylation sites is 1. The maximum Gasteiger partial charge on any atom is 0.134 e. The first-order valence-corrected chi connectivity index (χ1v) is 7.45. The van der Waals surface area contributed by atoms with E-state index in [4.69, 9.17) is 4.42 Å². The molecule has 0 atom stereocenters. The fraction of sp³-hybridized carbons (Fsp3) is 0.278. The average molecular weight is 280 g/mol. The molecule has 0 fully saturated rings. The summed E-state index contributed by atoms with van der Waals surface area (Å²) < 4.78 is 5.90. The number of nitrogens with zero attached hydrogens (tertiary/aromatic N) is 2. The van der Waals surface area contributed by atoms with Gasteiger partial charge in [0.25, 0.3) is 0 Å². The minimum atomic E-state index is 0.845. The zero-order valence-corrected chi connectivity index (χ0v) is 12.3. The van der Waals surface area contributed by atoms with Gasteiger partial charge in [0.1, 0.15) is 11.3 Å². The van der Waals surface area contributed by atoms with Gasteiger partial charge in [-0.25, -0.2) is 0 Å². The lowest BCUT2D eigenvalue weighted by Crippen LogP contribution is -2.25. The number of pyridine rings is 1. The Bertz CT molecular complexity index is 658. The molecule has 0 radical (unpaired) electrons. The third-order valence-electron chi connectivity index (χ3n) is 3.71. The quantitative estimate of drug-likeness (QED) is 0.686. The fourth-order valence-electron chi connectivity index (χ4n) is 2.50. The lowest BCUT2D eigenvalue weighted by atomic mass is 10.2. The average Bonchev–Trinajstić information content (AvgIpc) is 2.94. The van der Waals surface area contributed by atoms with Gasteiger partial charge in [-0.2, -0.15) is 0 Å². The van der Waals surface area contributed by atoms with Crippen molar-refractivity contribution >= 4 is 11.0 Å². The summed E-state index contributed by atoms with van der Waals surface area (Å²) >= 11 is 0. The SMILES string of the molecule is CCN(CCc1ccccn1)Cc1cc2ccccc2o1. The smallest absolute Gasteiger partial charge is 0.134 e. The van der Waals surface area contributed by atoms with Crippen LogP contribution in [0.5, 0.6) is 0 Å². The fourth-order valence-corrected chi connectivity index (χ4v) is 2.50. The van der Waals surface area contributed by atoms with Crippen LogP contribution in [0.15, 0.2) is 59.1 Å². The number of benzene rings is 1. The summed E-state index contributed by atoms with van der Waals surface area (Å²) in [5, 5.41) is 1.17. The van der Waals surface area contributed by atoms with Gasteiger partial charge in [-0.1, -0.05) is 31.2 Å². The summed E-state index contributed by atoms with van der Waals surface area (Å²) in [7, 11) is 0. The third kappa shape index (κ3) is 3.50. The van der Waals surface area contributed by atoms with Gasteiger partial charge in [0.2, 0.25) is 0 Å². The van der Waals surface area contributed by atoms with E-state index in [1.807, 2.05) is 36.5 Å². The molecule has 0 N–H and O–H groups in total. The maximum absolute atomic E-state index is 5.90. The maximum atomic E-state index is 5.90. The Morgan fingerprint density at radius 1 is 1.10 bits per heavy atom. The van der Waals surface area contributed by atoms with E-state index in [-0.39, 0.29) is 0 Å². The van der Waals surface area contributed by atoms with E-state index in [0.717, 1.165) is 43.1 Å². The van der Waals surface area contributed by atoms with Gasteiger partial charge in [-0.15, -0.1) is 0 Å². The van der Waals surface area contributed by atoms with Gasteiger partial charge < -0.3 is 4.42 Å². The number of furan rings is 1. The topological polar surface area (TPSA) is 29.3 Å². The van der Waals surface area contributed by atoms with E-state index in [1.54, 1.807) is 0 Å². The Morgan fingerprint density at radius 2 is 1.95 bits per heavy atom. The Hall–Kier alpha value is -2.13. The van der Waals surface area contributed by atoms with E-state index in [0.29, 0.717) is 0 Å². The molecule has 0 saturated carbocycles. The van der Waals surface area contributed by atoms with Crippen molar-refractivity contribution in [3.8, 4) is 0 Å². The lowest BCUT2D eigenvalue weighted by molar-refractivity contribution is 0.261. The first kappa shape index (κ1) is 13.8. The largest absolute Gasteiger partial charge is 0.460 e. The second kappa shape index (κ2) is 6.55. The summed E-state index contributed by atoms with van der Waals surface area (Å²) in [5.41, 5.74) is 2.11. The van der Waals surface area contributed by atoms with E-state index in [2.05, 4.69) is 35.0 Å². The molecule has 3 nitrogen and oxygen atoms in total. The van der Waals surface area contributed by atoms with Crippen LogP contribution < -0.4 is 0 Å². The highest BCUT2D eigenvalue weighted by Crippen LogP contribution is 2.20. The molecular weight excluding hydrogens is 260 g/mol. The highest BCUT2D eigenvalue weighted by atomic mass is 16.3. The Labute approximate surface area is 125 Å². The van der Waals surface area contributed by atoms with Crippen molar-refractivity contribution in [2.24, 2.45) is 0 Å². The second-order valence-electron chi connectivity index (χ2n) is 5.19. The molecule has 3 heteroatoms. The molecule has 1 aromatic carbocycles. The van der Waals surface area contributed by atoms with Crippen molar-refractivity contribution in [1.82, 2.24) is 9.88 Å². The molecule has 2 heterocycles. The van der Waals surface area contributed by atoms with Crippen molar-refractivity contribution in [3.05, 3.63) is 66.2 Å². The van der Waals surface area contributed by atoms with Gasteiger partial charge in [0.15, 0.2) is 0 Å². The first-order chi connectivity index (χ1) is 10.3. The predicted octanol–water partition coefficient (Wildman–Crippen LogP) is 3.89. The Morgan fingerprint density at radius 3 is 2.71 bits per heavy atom. The van der Waals surface area contributed by atoms with Crippen molar-refractivity contribution < 1.29 is 4.42 Å². The van der Waals surface area contributed by atoms with Gasteiger partial charge in [-0.05, 0) is 30.8 Å². The van der Waals surface area contributed by atoms with Crippen LogP contribution in [-0.4, -0.2) is 23.0 Å². The summed E-state index contributed by atoms with van der Waals surface area (Å²) in [6.07, 6.45) is 2.82. The Kier molecular flexibility index (Phi) is 4.31. The van der Waals surface area contributed by atoms with E-state index in [9.17, 15) is 0 Å². The van der Waals surface area contributed by atoms with Gasteiger partial charge >= 0.3 is 0 Å². The van der Waals surface area contributed by atoms with Crippen LogP contribution in [0.4, 0.5) is 0 Å². The Balaban J connectivity index is 1.63. The lowest BCUT2D eigenvalue weighted by Gasteiger charge is -2.18. The molecule has 0 bridgehead atoms. The molecule has 0 aliphatic rings. The van der Waals surface area contributed by atoms with E-state index in [1.165, 1.54) is 5.39 Å². The zero-order chi connectivity index (χ0) is 14.5. The number of rotatable bonds is 6. The van der Waals surface area contributed by atoms with Gasteiger partial charge in [0.05, 0.1) is 6.54 Å². The first-order valence-electron chi connectivity index (χ1n) is 7.45. The summed E-state index contributed by atoms with van der Waals surface area (Å²) in [6, 6.07) is 16.4. The van der Waals surface area contributed by atoms with Crippen molar-refractivity contribution in [1.29, 1.82) is 0 Å². The molecule has 2 aromatic heterocycles. The minimum absolute atomic E-state index is 0.845.